The smallest absolute Gasteiger partial charge is 0.0144 e. The van der Waals surface area contributed by atoms with E-state index >= 15 is 0 Å². The average molecular weight is 201 g/mol. The Morgan fingerprint density at radius 2 is 2.08 bits per heavy atom. The van der Waals surface area contributed by atoms with Crippen LogP contribution in [0.15, 0.2) is 11.1 Å². The van der Waals surface area contributed by atoms with Crippen molar-refractivity contribution in [2.45, 2.75) is 52.9 Å². The van der Waals surface area contributed by atoms with Gasteiger partial charge in [0.15, 0.2) is 0 Å². The van der Waals surface area contributed by atoms with Gasteiger partial charge < -0.3 is 0 Å². The van der Waals surface area contributed by atoms with E-state index in [1.807, 2.05) is 0 Å². The van der Waals surface area contributed by atoms with E-state index in [1.165, 1.54) is 25.7 Å². The van der Waals surface area contributed by atoms with Crippen LogP contribution in [0.3, 0.4) is 0 Å². The molecule has 0 N–H and O–H groups in total. The molecule has 0 nitrogen and oxygen atoms in total. The molecule has 0 aromatic carbocycles. The Morgan fingerprint density at radius 3 is 2.54 bits per heavy atom. The maximum atomic E-state index is 6.14. The molecule has 1 aliphatic carbocycles. The molecule has 0 aromatic heterocycles. The van der Waals surface area contributed by atoms with Crippen LogP contribution in [0, 0.1) is 11.3 Å². The van der Waals surface area contributed by atoms with Gasteiger partial charge >= 0.3 is 0 Å². The summed E-state index contributed by atoms with van der Waals surface area (Å²) in [7, 11) is 0. The Balaban J connectivity index is 2.20. The van der Waals surface area contributed by atoms with Crippen LogP contribution in [0.4, 0.5) is 0 Å². The molecule has 0 heterocycles. The topological polar surface area (TPSA) is 0 Å². The largest absolute Gasteiger partial charge is 0.0895 e. The van der Waals surface area contributed by atoms with Crippen LogP contribution in [0.2, 0.25) is 0 Å². The fraction of sp³-hybridized carbons (Fsp3) is 0.833. The summed E-state index contributed by atoms with van der Waals surface area (Å²) < 4.78 is 0. The first-order chi connectivity index (χ1) is 6.06. The molecule has 0 bridgehead atoms. The molecule has 1 aliphatic rings. The number of unbranched alkanes of at least 4 members (excludes halogenated alkanes) is 2. The lowest BCUT2D eigenvalue weighted by Gasteiger charge is -2.00. The van der Waals surface area contributed by atoms with Gasteiger partial charge in [-0.05, 0) is 30.6 Å². The van der Waals surface area contributed by atoms with E-state index < -0.39 is 0 Å². The van der Waals surface area contributed by atoms with E-state index in [9.17, 15) is 0 Å². The van der Waals surface area contributed by atoms with E-state index in [0.29, 0.717) is 5.41 Å². The minimum atomic E-state index is 0.533. The lowest BCUT2D eigenvalue weighted by Crippen LogP contribution is -1.87. The molecule has 1 unspecified atom stereocenters. The van der Waals surface area contributed by atoms with Crippen LogP contribution in [-0.2, 0) is 0 Å². The van der Waals surface area contributed by atoms with Crippen LogP contribution in [0.1, 0.15) is 52.9 Å². The molecule has 1 rings (SSSR count). The summed E-state index contributed by atoms with van der Waals surface area (Å²) in [5.41, 5.74) is 0.533. The molecule has 0 amide bonds. The van der Waals surface area contributed by atoms with E-state index in [-0.39, 0.29) is 0 Å². The summed E-state index contributed by atoms with van der Waals surface area (Å²) in [6, 6.07) is 0. The van der Waals surface area contributed by atoms with Gasteiger partial charge in [-0.3, -0.25) is 0 Å². The Morgan fingerprint density at radius 1 is 1.46 bits per heavy atom. The maximum absolute atomic E-state index is 6.14. The SMILES string of the molecule is CCCCC/C(Cl)=C/C1CC1(C)C. The van der Waals surface area contributed by atoms with Gasteiger partial charge in [0.05, 0.1) is 0 Å². The number of hydrogen-bond donors (Lipinski definition) is 0. The second-order valence-electron chi connectivity index (χ2n) is 4.87. The van der Waals surface area contributed by atoms with Crippen molar-refractivity contribution < 1.29 is 0 Å². The summed E-state index contributed by atoms with van der Waals surface area (Å²) in [6.07, 6.45) is 8.51. The van der Waals surface area contributed by atoms with Gasteiger partial charge in [0.25, 0.3) is 0 Å². The Hall–Kier alpha value is 0.0300. The number of hydrogen-bond acceptors (Lipinski definition) is 0. The Labute approximate surface area is 87.4 Å². The van der Waals surface area contributed by atoms with Crippen molar-refractivity contribution in [1.82, 2.24) is 0 Å². The number of rotatable bonds is 5. The summed E-state index contributed by atoms with van der Waals surface area (Å²) in [5.74, 6) is 0.752. The van der Waals surface area contributed by atoms with Crippen molar-refractivity contribution in [3.05, 3.63) is 11.1 Å². The normalized spacial score (nSPS) is 26.2. The summed E-state index contributed by atoms with van der Waals surface area (Å²) in [6.45, 7) is 6.84. The quantitative estimate of drug-likeness (QED) is 0.563. The Kier molecular flexibility index (Phi) is 3.85. The van der Waals surface area contributed by atoms with Crippen molar-refractivity contribution in [1.29, 1.82) is 0 Å². The highest BCUT2D eigenvalue weighted by Gasteiger charge is 2.43. The predicted octanol–water partition coefficient (Wildman–Crippen LogP) is 4.74. The molecule has 76 valence electrons. The molecule has 0 aliphatic heterocycles. The third kappa shape index (κ3) is 3.72. The molecule has 1 fully saturated rings. The van der Waals surface area contributed by atoms with E-state index in [0.717, 1.165) is 17.4 Å². The van der Waals surface area contributed by atoms with Gasteiger partial charge in [-0.1, -0.05) is 51.3 Å². The number of halogens is 1. The second kappa shape index (κ2) is 4.50. The third-order valence-electron chi connectivity index (χ3n) is 2.99. The molecule has 0 radical (unpaired) electrons. The minimum Gasteiger partial charge on any atom is -0.0895 e. The van der Waals surface area contributed by atoms with Gasteiger partial charge in [0.1, 0.15) is 0 Å². The molecule has 1 heteroatoms. The van der Waals surface area contributed by atoms with Crippen molar-refractivity contribution in [2.24, 2.45) is 11.3 Å². The van der Waals surface area contributed by atoms with Crippen molar-refractivity contribution in [3.63, 3.8) is 0 Å². The zero-order valence-electron chi connectivity index (χ0n) is 9.07. The molecule has 1 atom stereocenters. The summed E-state index contributed by atoms with van der Waals surface area (Å²) in [4.78, 5) is 0. The fourth-order valence-electron chi connectivity index (χ4n) is 1.64. The standard InChI is InChI=1S/C12H21Cl/c1-4-5-6-7-11(13)8-10-9-12(10,2)3/h8,10H,4-7,9H2,1-3H3/b11-8-. The van der Waals surface area contributed by atoms with Gasteiger partial charge in [0, 0.05) is 5.03 Å². The minimum absolute atomic E-state index is 0.533. The first-order valence-electron chi connectivity index (χ1n) is 5.42. The fourth-order valence-corrected chi connectivity index (χ4v) is 1.92. The Bertz CT molecular complexity index is 191. The zero-order valence-corrected chi connectivity index (χ0v) is 9.82. The first kappa shape index (κ1) is 11.1. The molecule has 13 heavy (non-hydrogen) atoms. The van der Waals surface area contributed by atoms with Crippen LogP contribution in [0.25, 0.3) is 0 Å². The molecule has 0 spiro atoms. The average Bonchev–Trinajstić information content (AvgIpc) is 2.59. The van der Waals surface area contributed by atoms with Gasteiger partial charge in [-0.2, -0.15) is 0 Å². The van der Waals surface area contributed by atoms with Crippen molar-refractivity contribution in [2.75, 3.05) is 0 Å². The number of allylic oxidation sites excluding steroid dienone is 2. The van der Waals surface area contributed by atoms with E-state index in [1.54, 1.807) is 0 Å². The lowest BCUT2D eigenvalue weighted by molar-refractivity contribution is 0.608. The maximum Gasteiger partial charge on any atom is 0.0144 e. The third-order valence-corrected chi connectivity index (χ3v) is 3.31. The van der Waals surface area contributed by atoms with E-state index in [4.69, 9.17) is 11.6 Å². The van der Waals surface area contributed by atoms with E-state index in [2.05, 4.69) is 26.8 Å². The second-order valence-corrected chi connectivity index (χ2v) is 5.36. The van der Waals surface area contributed by atoms with Gasteiger partial charge in [-0.25, -0.2) is 0 Å². The van der Waals surface area contributed by atoms with Crippen LogP contribution in [0.5, 0.6) is 0 Å². The molecule has 0 aromatic rings. The predicted molar refractivity (Wildman–Crippen MR) is 60.0 cm³/mol. The van der Waals surface area contributed by atoms with Crippen LogP contribution < -0.4 is 0 Å². The molecular formula is C12H21Cl. The van der Waals surface area contributed by atoms with Crippen LogP contribution in [-0.4, -0.2) is 0 Å². The van der Waals surface area contributed by atoms with Crippen molar-refractivity contribution >= 4 is 11.6 Å². The monoisotopic (exact) mass is 200 g/mol. The van der Waals surface area contributed by atoms with Crippen molar-refractivity contribution in [3.8, 4) is 0 Å². The zero-order chi connectivity index (χ0) is 9.90. The first-order valence-corrected chi connectivity index (χ1v) is 5.80. The highest BCUT2D eigenvalue weighted by atomic mass is 35.5. The van der Waals surface area contributed by atoms with Gasteiger partial charge in [-0.15, -0.1) is 0 Å². The molecular weight excluding hydrogens is 180 g/mol. The van der Waals surface area contributed by atoms with Crippen LogP contribution >= 0.6 is 11.6 Å². The molecule has 1 saturated carbocycles. The highest BCUT2D eigenvalue weighted by molar-refractivity contribution is 6.29. The summed E-state index contributed by atoms with van der Waals surface area (Å²) in [5, 5.41) is 1.09. The van der Waals surface area contributed by atoms with Gasteiger partial charge in [0.2, 0.25) is 0 Å². The molecule has 0 saturated heterocycles. The summed E-state index contributed by atoms with van der Waals surface area (Å²) >= 11 is 6.14. The lowest BCUT2D eigenvalue weighted by atomic mass is 10.1. The highest BCUT2D eigenvalue weighted by Crippen LogP contribution is 2.53.